The molecule has 35 heavy (non-hydrogen) atoms. The second kappa shape index (κ2) is 10.7. The van der Waals surface area contributed by atoms with Gasteiger partial charge in [-0.05, 0) is 50.1 Å². The summed E-state index contributed by atoms with van der Waals surface area (Å²) in [5.41, 5.74) is 7.38. The monoisotopic (exact) mass is 488 g/mol. The van der Waals surface area contributed by atoms with Crippen LogP contribution in [0.1, 0.15) is 38.3 Å². The van der Waals surface area contributed by atoms with Gasteiger partial charge in [-0.25, -0.2) is 13.9 Å². The Morgan fingerprint density at radius 2 is 2.09 bits per heavy atom. The average molecular weight is 489 g/mol. The van der Waals surface area contributed by atoms with Gasteiger partial charge in [0.05, 0.1) is 37.1 Å². The minimum absolute atomic E-state index is 0.0482. The molecule has 3 heterocycles. The van der Waals surface area contributed by atoms with Gasteiger partial charge in [0.1, 0.15) is 12.4 Å². The van der Waals surface area contributed by atoms with Crippen molar-refractivity contribution in [3.05, 3.63) is 35.8 Å². The molecule has 0 spiro atoms. The second-order valence-electron chi connectivity index (χ2n) is 8.52. The van der Waals surface area contributed by atoms with E-state index in [4.69, 9.17) is 20.3 Å². The first-order valence-corrected chi connectivity index (χ1v) is 11.4. The van der Waals surface area contributed by atoms with E-state index in [9.17, 15) is 9.18 Å². The second-order valence-corrected chi connectivity index (χ2v) is 8.52. The number of nitrogens with zero attached hydrogens (tertiary/aromatic N) is 7. The molecule has 13 heteroatoms. The molecule has 1 fully saturated rings. The first-order chi connectivity index (χ1) is 16.9. The lowest BCUT2D eigenvalue weighted by Crippen LogP contribution is -2.40. The standard InChI is InChI=1S/C22H29FN8O4/c1-14(2)35-22(33)29-7-5-17(6-8-29)31-20(24)16(12-25-31)13-34-19-4-3-15(11-18(19)23)21-26-28-30(27-21)9-10-32/h3-4,11-12,14,17,32H,5-10,13,24H2,1-2H3. The van der Waals surface area contributed by atoms with Crippen LogP contribution in [0.15, 0.2) is 24.4 Å². The Morgan fingerprint density at radius 3 is 2.77 bits per heavy atom. The summed E-state index contributed by atoms with van der Waals surface area (Å²) in [6.07, 6.45) is 2.55. The number of aromatic nitrogens is 6. The van der Waals surface area contributed by atoms with E-state index in [1.807, 2.05) is 13.8 Å². The van der Waals surface area contributed by atoms with Gasteiger partial charge in [-0.3, -0.25) is 0 Å². The van der Waals surface area contributed by atoms with Crippen LogP contribution in [0.5, 0.6) is 5.75 Å². The third-order valence-corrected chi connectivity index (χ3v) is 5.64. The third-order valence-electron chi connectivity index (χ3n) is 5.64. The lowest BCUT2D eigenvalue weighted by molar-refractivity contribution is 0.0655. The Labute approximate surface area is 201 Å². The van der Waals surface area contributed by atoms with Crippen LogP contribution in [0.4, 0.5) is 15.0 Å². The number of piperidine rings is 1. The van der Waals surface area contributed by atoms with Crippen LogP contribution in [0.2, 0.25) is 0 Å². The number of likely N-dealkylation sites (tertiary alicyclic amines) is 1. The maximum Gasteiger partial charge on any atom is 0.410 e. The average Bonchev–Trinajstić information content (AvgIpc) is 3.45. The van der Waals surface area contributed by atoms with Crippen molar-refractivity contribution in [3.8, 4) is 17.1 Å². The number of carbonyl (C=O) groups is 1. The minimum Gasteiger partial charge on any atom is -0.486 e. The number of tetrazole rings is 1. The predicted molar refractivity (Wildman–Crippen MR) is 123 cm³/mol. The van der Waals surface area contributed by atoms with Gasteiger partial charge in [-0.1, -0.05) is 0 Å². The summed E-state index contributed by atoms with van der Waals surface area (Å²) in [7, 11) is 0. The molecule has 1 aromatic carbocycles. The van der Waals surface area contributed by atoms with E-state index in [0.717, 1.165) is 0 Å². The molecule has 3 aromatic rings. The maximum absolute atomic E-state index is 14.6. The van der Waals surface area contributed by atoms with Crippen molar-refractivity contribution in [2.45, 2.75) is 52.0 Å². The van der Waals surface area contributed by atoms with Crippen LogP contribution in [0, 0.1) is 5.82 Å². The van der Waals surface area contributed by atoms with E-state index >= 15 is 0 Å². The number of aliphatic hydroxyl groups excluding tert-OH is 1. The molecular formula is C22H29FN8O4. The number of rotatable bonds is 8. The van der Waals surface area contributed by atoms with Crippen molar-refractivity contribution in [3.63, 3.8) is 0 Å². The largest absolute Gasteiger partial charge is 0.486 e. The van der Waals surface area contributed by atoms with Gasteiger partial charge in [-0.15, -0.1) is 10.2 Å². The van der Waals surface area contributed by atoms with E-state index in [1.54, 1.807) is 21.8 Å². The lowest BCUT2D eigenvalue weighted by atomic mass is 10.1. The highest BCUT2D eigenvalue weighted by atomic mass is 19.1. The third kappa shape index (κ3) is 5.67. The van der Waals surface area contributed by atoms with Crippen molar-refractivity contribution in [2.24, 2.45) is 0 Å². The molecule has 0 bridgehead atoms. The molecule has 12 nitrogen and oxygen atoms in total. The molecule has 1 saturated heterocycles. The van der Waals surface area contributed by atoms with Crippen LogP contribution in [0.3, 0.4) is 0 Å². The number of hydrogen-bond acceptors (Lipinski definition) is 9. The smallest absolute Gasteiger partial charge is 0.410 e. The fraction of sp³-hybridized carbons (Fsp3) is 0.500. The van der Waals surface area contributed by atoms with Gasteiger partial charge in [0.25, 0.3) is 0 Å². The van der Waals surface area contributed by atoms with Crippen molar-refractivity contribution in [1.29, 1.82) is 0 Å². The van der Waals surface area contributed by atoms with Crippen molar-refractivity contribution in [1.82, 2.24) is 34.9 Å². The fourth-order valence-electron chi connectivity index (χ4n) is 3.83. The molecule has 1 aliphatic rings. The molecule has 2 aromatic heterocycles. The summed E-state index contributed by atoms with van der Waals surface area (Å²) in [4.78, 5) is 15.0. The molecule has 0 saturated carbocycles. The predicted octanol–water partition coefficient (Wildman–Crippen LogP) is 2.01. The van der Waals surface area contributed by atoms with E-state index in [1.165, 1.54) is 16.9 Å². The van der Waals surface area contributed by atoms with Gasteiger partial charge in [0.2, 0.25) is 5.82 Å². The van der Waals surface area contributed by atoms with Gasteiger partial charge in [0, 0.05) is 18.7 Å². The summed E-state index contributed by atoms with van der Waals surface area (Å²) in [5, 5.41) is 25.1. The molecule has 4 rings (SSSR count). The van der Waals surface area contributed by atoms with E-state index in [2.05, 4.69) is 20.5 Å². The molecule has 1 aliphatic heterocycles. The van der Waals surface area contributed by atoms with Gasteiger partial charge in [-0.2, -0.15) is 9.90 Å². The summed E-state index contributed by atoms with van der Waals surface area (Å²) < 4.78 is 27.3. The highest BCUT2D eigenvalue weighted by Gasteiger charge is 2.27. The number of hydrogen-bond donors (Lipinski definition) is 2. The number of carbonyl (C=O) groups excluding carboxylic acids is 1. The van der Waals surface area contributed by atoms with E-state index < -0.39 is 5.82 Å². The Kier molecular flexibility index (Phi) is 7.44. The van der Waals surface area contributed by atoms with Gasteiger partial charge in [0.15, 0.2) is 11.6 Å². The Balaban J connectivity index is 1.35. The Bertz CT molecular complexity index is 1160. The van der Waals surface area contributed by atoms with Gasteiger partial charge >= 0.3 is 6.09 Å². The van der Waals surface area contributed by atoms with Crippen molar-refractivity contribution < 1.29 is 23.8 Å². The number of benzene rings is 1. The van der Waals surface area contributed by atoms with E-state index in [-0.39, 0.29) is 49.6 Å². The lowest BCUT2D eigenvalue weighted by Gasteiger charge is -2.32. The number of halogens is 1. The minimum atomic E-state index is -0.576. The first-order valence-electron chi connectivity index (χ1n) is 11.4. The molecule has 1 amide bonds. The quantitative estimate of drug-likeness (QED) is 0.486. The summed E-state index contributed by atoms with van der Waals surface area (Å²) in [5.74, 6) is 0.182. The highest BCUT2D eigenvalue weighted by Crippen LogP contribution is 2.28. The molecule has 3 N–H and O–H groups in total. The molecule has 188 valence electrons. The van der Waals surface area contributed by atoms with Gasteiger partial charge < -0.3 is 25.2 Å². The topological polar surface area (TPSA) is 146 Å². The van der Waals surface area contributed by atoms with Crippen molar-refractivity contribution in [2.75, 3.05) is 25.4 Å². The summed E-state index contributed by atoms with van der Waals surface area (Å²) in [6.45, 7) is 4.89. The summed E-state index contributed by atoms with van der Waals surface area (Å²) >= 11 is 0. The van der Waals surface area contributed by atoms with Crippen molar-refractivity contribution >= 4 is 11.9 Å². The van der Waals surface area contributed by atoms with Crippen LogP contribution in [0.25, 0.3) is 11.4 Å². The summed E-state index contributed by atoms with van der Waals surface area (Å²) in [6, 6.07) is 4.43. The molecular weight excluding hydrogens is 459 g/mol. The Morgan fingerprint density at radius 1 is 1.31 bits per heavy atom. The number of amides is 1. The Hall–Kier alpha value is -3.74. The first kappa shape index (κ1) is 24.4. The van der Waals surface area contributed by atoms with E-state index in [0.29, 0.717) is 42.9 Å². The number of nitrogen functional groups attached to an aromatic ring is 1. The fourth-order valence-corrected chi connectivity index (χ4v) is 3.83. The zero-order valence-electron chi connectivity index (χ0n) is 19.7. The zero-order chi connectivity index (χ0) is 24.9. The number of ether oxygens (including phenoxy) is 2. The van der Waals surface area contributed by atoms with Crippen LogP contribution in [-0.4, -0.2) is 71.9 Å². The maximum atomic E-state index is 14.6. The molecule has 0 radical (unpaired) electrons. The number of nitrogens with two attached hydrogens (primary N) is 1. The highest BCUT2D eigenvalue weighted by molar-refractivity contribution is 5.67. The van der Waals surface area contributed by atoms with Crippen LogP contribution >= 0.6 is 0 Å². The number of anilines is 1. The zero-order valence-corrected chi connectivity index (χ0v) is 19.7. The molecule has 0 atom stereocenters. The van der Waals surface area contributed by atoms with Crippen LogP contribution in [-0.2, 0) is 17.9 Å². The number of aliphatic hydroxyl groups is 1. The van der Waals surface area contributed by atoms with Crippen LogP contribution < -0.4 is 10.5 Å². The normalized spacial score (nSPS) is 14.5. The molecule has 0 unspecified atom stereocenters. The molecule has 0 aliphatic carbocycles. The SMILES string of the molecule is CC(C)OC(=O)N1CCC(n2ncc(COc3ccc(-c4nnn(CCO)n4)cc3F)c2N)CC1.